The average Bonchev–Trinajstić information content (AvgIpc) is 2.38. The first kappa shape index (κ1) is 13.8. The van der Waals surface area contributed by atoms with Crippen LogP contribution in [0.25, 0.3) is 0 Å². The Balaban J connectivity index is 2.14. The molecule has 0 fully saturated rings. The van der Waals surface area contributed by atoms with Gasteiger partial charge in [0, 0.05) is 24.0 Å². The zero-order valence-electron chi connectivity index (χ0n) is 10.8. The molecule has 100 valence electrons. The van der Waals surface area contributed by atoms with Gasteiger partial charge in [-0.2, -0.15) is 0 Å². The first-order chi connectivity index (χ1) is 9.16. The summed E-state index contributed by atoms with van der Waals surface area (Å²) in [6, 6.07) is 9.65. The van der Waals surface area contributed by atoms with E-state index in [2.05, 4.69) is 4.98 Å². The van der Waals surface area contributed by atoms with Crippen LogP contribution < -0.4 is 10.5 Å². The summed E-state index contributed by atoms with van der Waals surface area (Å²) in [5, 5.41) is 0.613. The Morgan fingerprint density at radius 3 is 2.84 bits per heavy atom. The van der Waals surface area contributed by atoms with Crippen molar-refractivity contribution >= 4 is 11.6 Å². The molecule has 2 aromatic rings. The van der Waals surface area contributed by atoms with E-state index in [0.717, 1.165) is 17.5 Å². The molecule has 19 heavy (non-hydrogen) atoms. The molecule has 0 radical (unpaired) electrons. The van der Waals surface area contributed by atoms with Gasteiger partial charge < -0.3 is 10.5 Å². The fraction of sp³-hybridized carbons (Fsp3) is 0.267. The summed E-state index contributed by atoms with van der Waals surface area (Å²) >= 11 is 6.20. The van der Waals surface area contributed by atoms with Crippen molar-refractivity contribution in [2.24, 2.45) is 5.73 Å². The topological polar surface area (TPSA) is 48.1 Å². The number of nitrogens with zero attached hydrogens (tertiary/aromatic N) is 1. The number of aromatic nitrogens is 1. The summed E-state index contributed by atoms with van der Waals surface area (Å²) in [7, 11) is 0. The standard InChI is InChI=1S/C15H17ClN2O/c1-11(17)8-13-5-2-6-14(16)15(13)19-10-12-4-3-7-18-9-12/h2-7,9,11H,8,10,17H2,1H3. The van der Waals surface area contributed by atoms with E-state index in [-0.39, 0.29) is 6.04 Å². The monoisotopic (exact) mass is 276 g/mol. The van der Waals surface area contributed by atoms with Crippen LogP contribution in [0.4, 0.5) is 0 Å². The lowest BCUT2D eigenvalue weighted by Crippen LogP contribution is -2.18. The largest absolute Gasteiger partial charge is 0.487 e. The van der Waals surface area contributed by atoms with Crippen molar-refractivity contribution in [2.45, 2.75) is 26.0 Å². The van der Waals surface area contributed by atoms with Crippen LogP contribution in [0.3, 0.4) is 0 Å². The third kappa shape index (κ3) is 3.94. The van der Waals surface area contributed by atoms with Crippen molar-refractivity contribution in [1.82, 2.24) is 4.98 Å². The minimum atomic E-state index is 0.0687. The molecule has 1 heterocycles. The molecular weight excluding hydrogens is 260 g/mol. The van der Waals surface area contributed by atoms with Crippen LogP contribution in [0.1, 0.15) is 18.1 Å². The van der Waals surface area contributed by atoms with Gasteiger partial charge in [-0.05, 0) is 31.0 Å². The van der Waals surface area contributed by atoms with Crippen molar-refractivity contribution in [1.29, 1.82) is 0 Å². The van der Waals surface area contributed by atoms with Gasteiger partial charge in [0.2, 0.25) is 0 Å². The minimum absolute atomic E-state index is 0.0687. The van der Waals surface area contributed by atoms with Gasteiger partial charge >= 0.3 is 0 Å². The first-order valence-corrected chi connectivity index (χ1v) is 6.59. The highest BCUT2D eigenvalue weighted by Gasteiger charge is 2.10. The molecular formula is C15H17ClN2O. The van der Waals surface area contributed by atoms with Crippen molar-refractivity contribution in [3.8, 4) is 5.75 Å². The summed E-state index contributed by atoms with van der Waals surface area (Å²) < 4.78 is 5.83. The van der Waals surface area contributed by atoms with Crippen LogP contribution in [0, 0.1) is 0 Å². The smallest absolute Gasteiger partial charge is 0.141 e. The van der Waals surface area contributed by atoms with Crippen LogP contribution >= 0.6 is 11.6 Å². The number of hydrogen-bond acceptors (Lipinski definition) is 3. The van der Waals surface area contributed by atoms with E-state index in [1.165, 1.54) is 0 Å². The van der Waals surface area contributed by atoms with Crippen LogP contribution in [-0.2, 0) is 13.0 Å². The normalized spacial score (nSPS) is 12.2. The Hall–Kier alpha value is -1.58. The lowest BCUT2D eigenvalue weighted by atomic mass is 10.1. The molecule has 3 nitrogen and oxygen atoms in total. The van der Waals surface area contributed by atoms with Crippen LogP contribution in [0.15, 0.2) is 42.7 Å². The SMILES string of the molecule is CC(N)Cc1cccc(Cl)c1OCc1cccnc1. The van der Waals surface area contributed by atoms with Gasteiger partial charge in [-0.3, -0.25) is 4.98 Å². The second-order valence-electron chi connectivity index (χ2n) is 4.56. The molecule has 2 rings (SSSR count). The summed E-state index contributed by atoms with van der Waals surface area (Å²) in [6.45, 7) is 2.41. The van der Waals surface area contributed by atoms with Crippen molar-refractivity contribution in [2.75, 3.05) is 0 Å². The van der Waals surface area contributed by atoms with E-state index < -0.39 is 0 Å². The first-order valence-electron chi connectivity index (χ1n) is 6.21. The molecule has 1 aromatic heterocycles. The summed E-state index contributed by atoms with van der Waals surface area (Å²) in [5.41, 5.74) is 7.88. The fourth-order valence-corrected chi connectivity index (χ4v) is 2.11. The van der Waals surface area contributed by atoms with E-state index in [0.29, 0.717) is 17.4 Å². The maximum absolute atomic E-state index is 6.20. The summed E-state index contributed by atoms with van der Waals surface area (Å²) in [5.74, 6) is 0.713. The quantitative estimate of drug-likeness (QED) is 0.912. The lowest BCUT2D eigenvalue weighted by Gasteiger charge is -2.14. The third-order valence-electron chi connectivity index (χ3n) is 2.70. The van der Waals surface area contributed by atoms with E-state index in [1.807, 2.05) is 37.3 Å². The molecule has 0 aliphatic heterocycles. The maximum atomic E-state index is 6.20. The number of rotatable bonds is 5. The molecule has 0 spiro atoms. The number of para-hydroxylation sites is 1. The van der Waals surface area contributed by atoms with Gasteiger partial charge in [-0.25, -0.2) is 0 Å². The van der Waals surface area contributed by atoms with E-state index in [9.17, 15) is 0 Å². The van der Waals surface area contributed by atoms with Crippen molar-refractivity contribution in [3.05, 3.63) is 58.9 Å². The zero-order valence-corrected chi connectivity index (χ0v) is 11.6. The molecule has 4 heteroatoms. The van der Waals surface area contributed by atoms with Crippen LogP contribution in [-0.4, -0.2) is 11.0 Å². The molecule has 2 N–H and O–H groups in total. The fourth-order valence-electron chi connectivity index (χ4n) is 1.86. The minimum Gasteiger partial charge on any atom is -0.487 e. The second kappa shape index (κ2) is 6.55. The molecule has 0 aliphatic rings. The molecule has 0 aliphatic carbocycles. The molecule has 0 saturated heterocycles. The molecule has 0 bridgehead atoms. The number of pyridine rings is 1. The van der Waals surface area contributed by atoms with E-state index >= 15 is 0 Å². The Bertz CT molecular complexity index is 529. The van der Waals surface area contributed by atoms with Gasteiger partial charge in [0.1, 0.15) is 12.4 Å². The highest BCUT2D eigenvalue weighted by Crippen LogP contribution is 2.30. The Kier molecular flexibility index (Phi) is 4.77. The number of nitrogens with two attached hydrogens (primary N) is 1. The highest BCUT2D eigenvalue weighted by atomic mass is 35.5. The lowest BCUT2D eigenvalue weighted by molar-refractivity contribution is 0.302. The molecule has 0 amide bonds. The zero-order chi connectivity index (χ0) is 13.7. The molecule has 0 saturated carbocycles. The average molecular weight is 277 g/mol. The highest BCUT2D eigenvalue weighted by molar-refractivity contribution is 6.32. The predicted octanol–water partition coefficient (Wildman–Crippen LogP) is 3.20. The Morgan fingerprint density at radius 1 is 1.32 bits per heavy atom. The molecule has 1 unspecified atom stereocenters. The number of hydrogen-bond donors (Lipinski definition) is 1. The molecule has 1 aromatic carbocycles. The van der Waals surface area contributed by atoms with Crippen LogP contribution in [0.5, 0.6) is 5.75 Å². The number of halogens is 1. The van der Waals surface area contributed by atoms with Crippen molar-refractivity contribution in [3.63, 3.8) is 0 Å². The van der Waals surface area contributed by atoms with Gasteiger partial charge in [0.25, 0.3) is 0 Å². The predicted molar refractivity (Wildman–Crippen MR) is 77.4 cm³/mol. The maximum Gasteiger partial charge on any atom is 0.141 e. The van der Waals surface area contributed by atoms with Gasteiger partial charge in [0.05, 0.1) is 5.02 Å². The van der Waals surface area contributed by atoms with Gasteiger partial charge in [-0.1, -0.05) is 29.8 Å². The van der Waals surface area contributed by atoms with Gasteiger partial charge in [0.15, 0.2) is 0 Å². The second-order valence-corrected chi connectivity index (χ2v) is 4.97. The van der Waals surface area contributed by atoms with E-state index in [4.69, 9.17) is 22.1 Å². The van der Waals surface area contributed by atoms with Gasteiger partial charge in [-0.15, -0.1) is 0 Å². The summed E-state index contributed by atoms with van der Waals surface area (Å²) in [4.78, 5) is 4.06. The van der Waals surface area contributed by atoms with Crippen LogP contribution in [0.2, 0.25) is 5.02 Å². The Morgan fingerprint density at radius 2 is 2.16 bits per heavy atom. The summed E-state index contributed by atoms with van der Waals surface area (Å²) in [6.07, 6.45) is 4.26. The third-order valence-corrected chi connectivity index (χ3v) is 2.99. The Labute approximate surface area is 118 Å². The number of ether oxygens (including phenoxy) is 1. The molecule has 1 atom stereocenters. The number of benzene rings is 1. The van der Waals surface area contributed by atoms with E-state index in [1.54, 1.807) is 12.4 Å². The van der Waals surface area contributed by atoms with Crippen molar-refractivity contribution < 1.29 is 4.74 Å².